The highest BCUT2D eigenvalue weighted by atomic mass is 35.5. The molecule has 0 amide bonds. The van der Waals surface area contributed by atoms with Crippen molar-refractivity contribution in [3.8, 4) is 0 Å². The van der Waals surface area contributed by atoms with E-state index in [1.807, 2.05) is 4.90 Å². The minimum Gasteiger partial charge on any atom is -0.369 e. The second-order valence-corrected chi connectivity index (χ2v) is 5.81. The molecule has 1 unspecified atom stereocenters. The van der Waals surface area contributed by atoms with Gasteiger partial charge in [0.25, 0.3) is 0 Å². The van der Waals surface area contributed by atoms with Crippen molar-refractivity contribution in [2.45, 2.75) is 38.4 Å². The summed E-state index contributed by atoms with van der Waals surface area (Å²) in [6, 6.07) is 3.83. The van der Waals surface area contributed by atoms with Gasteiger partial charge in [0.05, 0.1) is 16.3 Å². The lowest BCUT2D eigenvalue weighted by molar-refractivity contribution is -0.137. The number of hydrogen-bond acceptors (Lipinski definition) is 2. The zero-order valence-corrected chi connectivity index (χ0v) is 12.8. The maximum atomic E-state index is 12.9. The Morgan fingerprint density at radius 2 is 2.14 bits per heavy atom. The zero-order valence-electron chi connectivity index (χ0n) is 12.0. The predicted octanol–water partition coefficient (Wildman–Crippen LogP) is 4.33. The molecule has 1 aromatic rings. The highest BCUT2D eigenvalue weighted by molar-refractivity contribution is 6.33. The molecule has 1 heterocycles. The first kappa shape index (κ1) is 16.4. The molecule has 6 heteroatoms. The largest absolute Gasteiger partial charge is 0.416 e. The van der Waals surface area contributed by atoms with Crippen LogP contribution in [0.25, 0.3) is 0 Å². The van der Waals surface area contributed by atoms with E-state index in [2.05, 4.69) is 12.2 Å². The van der Waals surface area contributed by atoms with Crippen molar-refractivity contribution in [2.75, 3.05) is 24.5 Å². The van der Waals surface area contributed by atoms with E-state index in [1.54, 1.807) is 0 Å². The molecule has 1 fully saturated rings. The lowest BCUT2D eigenvalue weighted by Gasteiger charge is -2.28. The maximum Gasteiger partial charge on any atom is 0.416 e. The van der Waals surface area contributed by atoms with Crippen LogP contribution in [-0.2, 0) is 6.18 Å². The van der Waals surface area contributed by atoms with Crippen molar-refractivity contribution < 1.29 is 13.2 Å². The molecule has 0 aliphatic carbocycles. The van der Waals surface area contributed by atoms with Gasteiger partial charge in [-0.05, 0) is 37.6 Å². The van der Waals surface area contributed by atoms with Crippen molar-refractivity contribution in [1.82, 2.24) is 5.32 Å². The summed E-state index contributed by atoms with van der Waals surface area (Å²) < 4.78 is 38.6. The average Bonchev–Trinajstić information content (AvgIpc) is 2.64. The Hall–Kier alpha value is -0.940. The Kier molecular flexibility index (Phi) is 5.38. The molecular weight excluding hydrogens is 301 g/mol. The average molecular weight is 321 g/mol. The van der Waals surface area contributed by atoms with Crippen LogP contribution in [0.2, 0.25) is 5.02 Å². The van der Waals surface area contributed by atoms with E-state index in [4.69, 9.17) is 11.6 Å². The molecule has 2 rings (SSSR count). The van der Waals surface area contributed by atoms with E-state index in [0.717, 1.165) is 37.9 Å². The normalized spacial score (nSPS) is 20.4. The van der Waals surface area contributed by atoms with Gasteiger partial charge in [-0.2, -0.15) is 13.2 Å². The SMILES string of the molecule is CCCC1CN(c2cc(C(F)(F)F)ccc2Cl)CCCN1. The Morgan fingerprint density at radius 1 is 1.38 bits per heavy atom. The molecule has 21 heavy (non-hydrogen) atoms. The van der Waals surface area contributed by atoms with E-state index in [9.17, 15) is 13.2 Å². The lowest BCUT2D eigenvalue weighted by atomic mass is 10.1. The minimum absolute atomic E-state index is 0.295. The summed E-state index contributed by atoms with van der Waals surface area (Å²) in [4.78, 5) is 1.97. The van der Waals surface area contributed by atoms with E-state index in [0.29, 0.717) is 29.8 Å². The fraction of sp³-hybridized carbons (Fsp3) is 0.600. The first-order valence-electron chi connectivity index (χ1n) is 7.27. The van der Waals surface area contributed by atoms with Gasteiger partial charge >= 0.3 is 6.18 Å². The van der Waals surface area contributed by atoms with E-state index in [1.165, 1.54) is 6.07 Å². The van der Waals surface area contributed by atoms with E-state index < -0.39 is 11.7 Å². The van der Waals surface area contributed by atoms with Crippen molar-refractivity contribution in [3.63, 3.8) is 0 Å². The topological polar surface area (TPSA) is 15.3 Å². The number of alkyl halides is 3. The summed E-state index contributed by atoms with van der Waals surface area (Å²) in [5.74, 6) is 0. The van der Waals surface area contributed by atoms with Gasteiger partial charge in [-0.1, -0.05) is 24.9 Å². The summed E-state index contributed by atoms with van der Waals surface area (Å²) in [5, 5.41) is 3.81. The van der Waals surface area contributed by atoms with Crippen molar-refractivity contribution >= 4 is 17.3 Å². The number of anilines is 1. The Bertz CT molecular complexity index is 476. The molecular formula is C15H20ClF3N2. The highest BCUT2D eigenvalue weighted by Gasteiger charge is 2.32. The highest BCUT2D eigenvalue weighted by Crippen LogP contribution is 2.35. The van der Waals surface area contributed by atoms with Gasteiger partial charge in [0.2, 0.25) is 0 Å². The Morgan fingerprint density at radius 3 is 2.81 bits per heavy atom. The van der Waals surface area contributed by atoms with Gasteiger partial charge in [0, 0.05) is 19.1 Å². The second-order valence-electron chi connectivity index (χ2n) is 5.40. The van der Waals surface area contributed by atoms with E-state index >= 15 is 0 Å². The standard InChI is InChI=1S/C15H20ClF3N2/c1-2-4-12-10-21(8-3-7-20-12)14-9-11(15(17,18)19)5-6-13(14)16/h5-6,9,12,20H,2-4,7-8,10H2,1H3. The molecule has 0 spiro atoms. The molecule has 1 aliphatic rings. The molecule has 1 atom stereocenters. The zero-order chi connectivity index (χ0) is 15.5. The number of benzene rings is 1. The van der Waals surface area contributed by atoms with Crippen LogP contribution in [0.5, 0.6) is 0 Å². The summed E-state index contributed by atoms with van der Waals surface area (Å²) in [6.07, 6.45) is -1.39. The van der Waals surface area contributed by atoms with Crippen LogP contribution in [-0.4, -0.2) is 25.7 Å². The number of hydrogen-bond donors (Lipinski definition) is 1. The lowest BCUT2D eigenvalue weighted by Crippen LogP contribution is -2.37. The first-order valence-corrected chi connectivity index (χ1v) is 7.64. The van der Waals surface area contributed by atoms with Gasteiger partial charge in [-0.15, -0.1) is 0 Å². The van der Waals surface area contributed by atoms with Crippen LogP contribution in [0, 0.1) is 0 Å². The summed E-state index contributed by atoms with van der Waals surface area (Å²) in [7, 11) is 0. The minimum atomic E-state index is -4.34. The van der Waals surface area contributed by atoms with Crippen LogP contribution < -0.4 is 10.2 Å². The van der Waals surface area contributed by atoms with Crippen LogP contribution in [0.3, 0.4) is 0 Å². The monoisotopic (exact) mass is 320 g/mol. The number of nitrogens with zero attached hydrogens (tertiary/aromatic N) is 1. The van der Waals surface area contributed by atoms with E-state index in [-0.39, 0.29) is 0 Å². The third-order valence-electron chi connectivity index (χ3n) is 3.73. The fourth-order valence-corrected chi connectivity index (χ4v) is 2.93. The Labute approximate surface area is 128 Å². The molecule has 1 aromatic carbocycles. The van der Waals surface area contributed by atoms with Crippen molar-refractivity contribution in [3.05, 3.63) is 28.8 Å². The molecule has 118 valence electrons. The van der Waals surface area contributed by atoms with Gasteiger partial charge in [-0.3, -0.25) is 0 Å². The molecule has 1 saturated heterocycles. The summed E-state index contributed by atoms with van der Waals surface area (Å²) >= 11 is 6.13. The fourth-order valence-electron chi connectivity index (χ4n) is 2.69. The molecule has 0 bridgehead atoms. The molecule has 1 aliphatic heterocycles. The van der Waals surface area contributed by atoms with Crippen molar-refractivity contribution in [1.29, 1.82) is 0 Å². The first-order chi connectivity index (χ1) is 9.91. The van der Waals surface area contributed by atoms with Gasteiger partial charge in [0.15, 0.2) is 0 Å². The molecule has 0 aromatic heterocycles. The molecule has 0 radical (unpaired) electrons. The van der Waals surface area contributed by atoms with Crippen LogP contribution in [0.4, 0.5) is 18.9 Å². The van der Waals surface area contributed by atoms with Crippen LogP contribution in [0.1, 0.15) is 31.7 Å². The van der Waals surface area contributed by atoms with Crippen LogP contribution in [0.15, 0.2) is 18.2 Å². The number of halogens is 4. The van der Waals surface area contributed by atoms with Crippen molar-refractivity contribution in [2.24, 2.45) is 0 Å². The molecule has 0 saturated carbocycles. The quantitative estimate of drug-likeness (QED) is 0.892. The molecule has 1 N–H and O–H groups in total. The third kappa shape index (κ3) is 4.27. The second kappa shape index (κ2) is 6.88. The Balaban J connectivity index is 2.26. The molecule has 2 nitrogen and oxygen atoms in total. The van der Waals surface area contributed by atoms with Crippen LogP contribution >= 0.6 is 11.6 Å². The number of nitrogens with one attached hydrogen (secondary N) is 1. The maximum absolute atomic E-state index is 12.9. The summed E-state index contributed by atoms with van der Waals surface area (Å²) in [5.41, 5.74) is -0.164. The van der Waals surface area contributed by atoms with Gasteiger partial charge in [-0.25, -0.2) is 0 Å². The number of rotatable bonds is 3. The third-order valence-corrected chi connectivity index (χ3v) is 4.05. The predicted molar refractivity (Wildman–Crippen MR) is 80.0 cm³/mol. The van der Waals surface area contributed by atoms with Gasteiger partial charge < -0.3 is 10.2 Å². The smallest absolute Gasteiger partial charge is 0.369 e. The van der Waals surface area contributed by atoms with Gasteiger partial charge in [0.1, 0.15) is 0 Å². The summed E-state index contributed by atoms with van der Waals surface area (Å²) in [6.45, 7) is 4.40.